The van der Waals surface area contributed by atoms with Gasteiger partial charge in [-0.15, -0.1) is 0 Å². The second-order valence-electron chi connectivity index (χ2n) is 3.68. The van der Waals surface area contributed by atoms with Crippen molar-refractivity contribution < 1.29 is 4.74 Å². The molecule has 0 atom stereocenters. The van der Waals surface area contributed by atoms with Gasteiger partial charge < -0.3 is 4.74 Å². The molecule has 4 heteroatoms. The van der Waals surface area contributed by atoms with Crippen molar-refractivity contribution in [2.45, 2.75) is 18.9 Å². The maximum absolute atomic E-state index is 5.74. The summed E-state index contributed by atoms with van der Waals surface area (Å²) in [5.74, 6) is 0.816. The fraction of sp³-hybridized carbons (Fsp3) is 0.231. The first-order valence-corrected chi connectivity index (χ1v) is 6.46. The lowest BCUT2D eigenvalue weighted by Gasteiger charge is -2.09. The van der Waals surface area contributed by atoms with Gasteiger partial charge in [-0.1, -0.05) is 22.0 Å². The molecule has 0 aliphatic carbocycles. The van der Waals surface area contributed by atoms with Crippen molar-refractivity contribution in [3.05, 3.63) is 53.6 Å². The number of aryl methyl sites for hydroxylation is 1. The van der Waals surface area contributed by atoms with Gasteiger partial charge in [0.1, 0.15) is 12.4 Å². The van der Waals surface area contributed by atoms with Crippen molar-refractivity contribution in [1.82, 2.24) is 9.97 Å². The largest absolute Gasteiger partial charge is 0.487 e. The second kappa shape index (κ2) is 5.77. The van der Waals surface area contributed by atoms with Gasteiger partial charge in [0, 0.05) is 29.0 Å². The van der Waals surface area contributed by atoms with Crippen LogP contribution in [0.5, 0.6) is 5.75 Å². The smallest absolute Gasteiger partial charge is 0.142 e. The average molecular weight is 293 g/mol. The number of ether oxygens (including phenoxy) is 1. The summed E-state index contributed by atoms with van der Waals surface area (Å²) in [4.78, 5) is 8.47. The average Bonchev–Trinajstić information content (AvgIpc) is 2.38. The van der Waals surface area contributed by atoms with Crippen LogP contribution in [0.4, 0.5) is 0 Å². The molecule has 0 aliphatic rings. The van der Waals surface area contributed by atoms with Gasteiger partial charge in [0.15, 0.2) is 0 Å². The van der Waals surface area contributed by atoms with Gasteiger partial charge in [0.05, 0.1) is 5.69 Å². The van der Waals surface area contributed by atoms with Crippen LogP contribution >= 0.6 is 15.9 Å². The molecule has 2 rings (SSSR count). The molecule has 0 radical (unpaired) electrons. The van der Waals surface area contributed by atoms with E-state index in [1.165, 1.54) is 0 Å². The van der Waals surface area contributed by atoms with Crippen molar-refractivity contribution in [2.75, 3.05) is 0 Å². The molecule has 0 aromatic carbocycles. The molecular weight excluding hydrogens is 280 g/mol. The molecule has 0 amide bonds. The quantitative estimate of drug-likeness (QED) is 0.812. The Balaban J connectivity index is 2.09. The number of hydrogen-bond donors (Lipinski definition) is 0. The summed E-state index contributed by atoms with van der Waals surface area (Å²) in [6.07, 6.45) is 3.55. The van der Waals surface area contributed by atoms with E-state index in [1.807, 2.05) is 31.2 Å². The number of halogens is 1. The molecule has 3 nitrogen and oxygen atoms in total. The summed E-state index contributed by atoms with van der Waals surface area (Å²) >= 11 is 3.41. The predicted octanol–water partition coefficient (Wildman–Crippen LogP) is 3.26. The molecule has 0 spiro atoms. The number of hydrogen-bond acceptors (Lipinski definition) is 3. The molecular formula is C13H13BrN2O. The Morgan fingerprint density at radius 3 is 2.88 bits per heavy atom. The minimum atomic E-state index is 0.512. The number of alkyl halides is 1. The highest BCUT2D eigenvalue weighted by atomic mass is 79.9. The van der Waals surface area contributed by atoms with Crippen molar-refractivity contribution in [3.63, 3.8) is 0 Å². The van der Waals surface area contributed by atoms with Crippen LogP contribution in [0.15, 0.2) is 36.7 Å². The lowest BCUT2D eigenvalue weighted by molar-refractivity contribution is 0.302. The molecule has 17 heavy (non-hydrogen) atoms. The highest BCUT2D eigenvalue weighted by Gasteiger charge is 2.04. The number of aromatic nitrogens is 2. The van der Waals surface area contributed by atoms with Crippen LogP contribution < -0.4 is 4.74 Å². The summed E-state index contributed by atoms with van der Waals surface area (Å²) in [6.45, 7) is 2.48. The van der Waals surface area contributed by atoms with Crippen LogP contribution in [0.2, 0.25) is 0 Å². The van der Waals surface area contributed by atoms with Crippen LogP contribution in [0.3, 0.4) is 0 Å². The van der Waals surface area contributed by atoms with Crippen molar-refractivity contribution in [2.24, 2.45) is 0 Å². The van der Waals surface area contributed by atoms with E-state index in [0.717, 1.165) is 22.7 Å². The molecule has 2 heterocycles. The van der Waals surface area contributed by atoms with E-state index >= 15 is 0 Å². The standard InChI is InChI=1S/C13H13BrN2O/c1-10-4-5-13(12(7-14)16-10)17-9-11-3-2-6-15-8-11/h2-6,8H,7,9H2,1H3. The zero-order chi connectivity index (χ0) is 12.1. The van der Waals surface area contributed by atoms with E-state index in [2.05, 4.69) is 25.9 Å². The van der Waals surface area contributed by atoms with Crippen LogP contribution in [-0.4, -0.2) is 9.97 Å². The normalized spacial score (nSPS) is 10.2. The van der Waals surface area contributed by atoms with Gasteiger partial charge in [-0.2, -0.15) is 0 Å². The van der Waals surface area contributed by atoms with E-state index in [4.69, 9.17) is 4.74 Å². The Kier molecular flexibility index (Phi) is 4.09. The van der Waals surface area contributed by atoms with Crippen LogP contribution in [-0.2, 0) is 11.9 Å². The first kappa shape index (κ1) is 12.0. The first-order valence-electron chi connectivity index (χ1n) is 5.34. The van der Waals surface area contributed by atoms with Gasteiger partial charge in [0.2, 0.25) is 0 Å². The summed E-state index contributed by atoms with van der Waals surface area (Å²) in [7, 11) is 0. The van der Waals surface area contributed by atoms with Crippen LogP contribution in [0.1, 0.15) is 17.0 Å². The summed E-state index contributed by atoms with van der Waals surface area (Å²) in [5.41, 5.74) is 2.97. The van der Waals surface area contributed by atoms with E-state index in [0.29, 0.717) is 11.9 Å². The van der Waals surface area contributed by atoms with Gasteiger partial charge in [-0.05, 0) is 25.1 Å². The molecule has 0 N–H and O–H groups in total. The molecule has 0 saturated carbocycles. The zero-order valence-corrected chi connectivity index (χ0v) is 11.1. The Bertz CT molecular complexity index is 488. The SMILES string of the molecule is Cc1ccc(OCc2cccnc2)c(CBr)n1. The Labute approximate surface area is 109 Å². The van der Waals surface area contributed by atoms with Gasteiger partial charge in [-0.3, -0.25) is 9.97 Å². The molecule has 0 fully saturated rings. The summed E-state index contributed by atoms with van der Waals surface area (Å²) < 4.78 is 5.74. The minimum Gasteiger partial charge on any atom is -0.487 e. The molecule has 2 aromatic heterocycles. The van der Waals surface area contributed by atoms with E-state index < -0.39 is 0 Å². The fourth-order valence-electron chi connectivity index (χ4n) is 1.47. The molecule has 0 aliphatic heterocycles. The Morgan fingerprint density at radius 2 is 2.18 bits per heavy atom. The zero-order valence-electron chi connectivity index (χ0n) is 9.56. The maximum Gasteiger partial charge on any atom is 0.142 e. The topological polar surface area (TPSA) is 35.0 Å². The minimum absolute atomic E-state index is 0.512. The third-order valence-corrected chi connectivity index (χ3v) is 2.85. The Morgan fingerprint density at radius 1 is 1.29 bits per heavy atom. The van der Waals surface area contributed by atoms with Gasteiger partial charge >= 0.3 is 0 Å². The molecule has 2 aromatic rings. The summed E-state index contributed by atoms with van der Waals surface area (Å²) in [6, 6.07) is 7.79. The van der Waals surface area contributed by atoms with Crippen molar-refractivity contribution in [1.29, 1.82) is 0 Å². The number of nitrogens with zero attached hydrogens (tertiary/aromatic N) is 2. The fourth-order valence-corrected chi connectivity index (χ4v) is 1.87. The van der Waals surface area contributed by atoms with Crippen molar-refractivity contribution in [3.8, 4) is 5.75 Å². The highest BCUT2D eigenvalue weighted by molar-refractivity contribution is 9.08. The number of pyridine rings is 2. The maximum atomic E-state index is 5.74. The Hall–Kier alpha value is -1.42. The third-order valence-electron chi connectivity index (χ3n) is 2.32. The molecule has 0 unspecified atom stereocenters. The predicted molar refractivity (Wildman–Crippen MR) is 70.2 cm³/mol. The first-order chi connectivity index (χ1) is 8.29. The van der Waals surface area contributed by atoms with Crippen molar-refractivity contribution >= 4 is 15.9 Å². The lowest BCUT2D eigenvalue weighted by atomic mass is 10.3. The monoisotopic (exact) mass is 292 g/mol. The van der Waals surface area contributed by atoms with Gasteiger partial charge in [0.25, 0.3) is 0 Å². The molecule has 0 saturated heterocycles. The second-order valence-corrected chi connectivity index (χ2v) is 4.24. The third kappa shape index (κ3) is 3.27. The molecule has 0 bridgehead atoms. The number of rotatable bonds is 4. The van der Waals surface area contributed by atoms with Crippen LogP contribution in [0.25, 0.3) is 0 Å². The molecule has 88 valence electrons. The van der Waals surface area contributed by atoms with Crippen LogP contribution in [0, 0.1) is 6.92 Å². The highest BCUT2D eigenvalue weighted by Crippen LogP contribution is 2.20. The van der Waals surface area contributed by atoms with E-state index in [-0.39, 0.29) is 0 Å². The lowest BCUT2D eigenvalue weighted by Crippen LogP contribution is -2.00. The van der Waals surface area contributed by atoms with E-state index in [1.54, 1.807) is 12.4 Å². The summed E-state index contributed by atoms with van der Waals surface area (Å²) in [5, 5.41) is 0.692. The van der Waals surface area contributed by atoms with Gasteiger partial charge in [-0.25, -0.2) is 0 Å². The van der Waals surface area contributed by atoms with E-state index in [9.17, 15) is 0 Å².